The molecule has 0 spiro atoms. The number of imide groups is 1. The second kappa shape index (κ2) is 6.72. The normalized spacial score (nSPS) is 19.3. The van der Waals surface area contributed by atoms with Crippen molar-refractivity contribution in [1.82, 2.24) is 19.8 Å². The van der Waals surface area contributed by atoms with Crippen molar-refractivity contribution in [2.45, 2.75) is 31.8 Å². The first-order valence-electron chi connectivity index (χ1n) is 7.68. The maximum atomic E-state index is 12.2. The van der Waals surface area contributed by atoms with Gasteiger partial charge in [-0.3, -0.25) is 19.3 Å². The number of aromatic nitrogens is 2. The molecule has 3 rings (SSSR count). The van der Waals surface area contributed by atoms with E-state index in [0.29, 0.717) is 31.9 Å². The highest BCUT2D eigenvalue weighted by Gasteiger charge is 2.33. The molecule has 3 heterocycles. The van der Waals surface area contributed by atoms with E-state index in [0.717, 1.165) is 4.90 Å². The molecular weight excluding hydrogens is 300 g/mol. The number of likely N-dealkylation sites (tertiary alicyclic amines) is 2. The molecule has 8 nitrogen and oxygen atoms in total. The molecule has 3 amide bonds. The van der Waals surface area contributed by atoms with Crippen molar-refractivity contribution in [3.8, 4) is 6.01 Å². The number of amides is 3. The van der Waals surface area contributed by atoms with Gasteiger partial charge >= 0.3 is 6.01 Å². The average molecular weight is 318 g/mol. The molecule has 122 valence electrons. The van der Waals surface area contributed by atoms with Crippen LogP contribution in [0.4, 0.5) is 0 Å². The lowest BCUT2D eigenvalue weighted by atomic mass is 10.1. The molecule has 2 fully saturated rings. The molecule has 0 unspecified atom stereocenters. The molecule has 0 bridgehead atoms. The third-order valence-corrected chi connectivity index (χ3v) is 4.06. The second-order valence-electron chi connectivity index (χ2n) is 5.60. The van der Waals surface area contributed by atoms with Gasteiger partial charge in [0.1, 0.15) is 12.6 Å². The summed E-state index contributed by atoms with van der Waals surface area (Å²) in [5.41, 5.74) is 0. The molecule has 23 heavy (non-hydrogen) atoms. The van der Waals surface area contributed by atoms with Crippen LogP contribution in [0.15, 0.2) is 18.5 Å². The Kier molecular flexibility index (Phi) is 4.50. The summed E-state index contributed by atoms with van der Waals surface area (Å²) in [6.45, 7) is 0.921. The van der Waals surface area contributed by atoms with Gasteiger partial charge in [-0.25, -0.2) is 9.97 Å². The molecule has 2 aliphatic heterocycles. The van der Waals surface area contributed by atoms with E-state index in [1.807, 2.05) is 0 Å². The number of rotatable bonds is 4. The first-order valence-corrected chi connectivity index (χ1v) is 7.68. The summed E-state index contributed by atoms with van der Waals surface area (Å²) < 4.78 is 5.67. The van der Waals surface area contributed by atoms with Crippen molar-refractivity contribution in [2.24, 2.45) is 0 Å². The lowest BCUT2D eigenvalue weighted by molar-refractivity contribution is -0.146. The summed E-state index contributed by atoms with van der Waals surface area (Å²) >= 11 is 0. The Bertz CT molecular complexity index is 583. The van der Waals surface area contributed by atoms with Crippen LogP contribution < -0.4 is 4.74 Å². The van der Waals surface area contributed by atoms with Crippen LogP contribution >= 0.6 is 0 Å². The quantitative estimate of drug-likeness (QED) is 0.725. The topological polar surface area (TPSA) is 92.7 Å². The van der Waals surface area contributed by atoms with E-state index in [4.69, 9.17) is 4.74 Å². The van der Waals surface area contributed by atoms with Crippen molar-refractivity contribution >= 4 is 17.7 Å². The third-order valence-electron chi connectivity index (χ3n) is 4.06. The number of hydrogen-bond donors (Lipinski definition) is 0. The Morgan fingerprint density at radius 2 is 1.74 bits per heavy atom. The van der Waals surface area contributed by atoms with Gasteiger partial charge in [0.25, 0.3) is 0 Å². The summed E-state index contributed by atoms with van der Waals surface area (Å²) in [5, 5.41) is 0. The SMILES string of the molecule is O=C(CN1C(=O)CCC1=O)N1CCC(Oc2ncccn2)CC1. The number of carbonyl (C=O) groups excluding carboxylic acids is 3. The molecule has 2 aliphatic rings. The molecule has 0 saturated carbocycles. The Morgan fingerprint density at radius 3 is 2.35 bits per heavy atom. The van der Waals surface area contributed by atoms with E-state index in [1.165, 1.54) is 0 Å². The zero-order valence-electron chi connectivity index (χ0n) is 12.7. The Balaban J connectivity index is 1.48. The second-order valence-corrected chi connectivity index (χ2v) is 5.60. The minimum atomic E-state index is -0.261. The van der Waals surface area contributed by atoms with Gasteiger partial charge in [-0.2, -0.15) is 0 Å². The van der Waals surface area contributed by atoms with E-state index < -0.39 is 0 Å². The van der Waals surface area contributed by atoms with Crippen LogP contribution in [0.2, 0.25) is 0 Å². The number of piperidine rings is 1. The Labute approximate surface area is 133 Å². The van der Waals surface area contributed by atoms with Gasteiger partial charge in [0.15, 0.2) is 0 Å². The standard InChI is InChI=1S/C15H18N4O4/c20-12-2-3-13(21)19(12)10-14(22)18-8-4-11(5-9-18)23-15-16-6-1-7-17-15/h1,6-7,11H,2-5,8-10H2. The van der Waals surface area contributed by atoms with E-state index >= 15 is 0 Å². The number of carbonyl (C=O) groups is 3. The van der Waals surface area contributed by atoms with Gasteiger partial charge in [-0.05, 0) is 6.07 Å². The van der Waals surface area contributed by atoms with Crippen LogP contribution in [0.3, 0.4) is 0 Å². The number of nitrogens with zero attached hydrogens (tertiary/aromatic N) is 4. The smallest absolute Gasteiger partial charge is 0.316 e. The summed E-state index contributed by atoms with van der Waals surface area (Å²) in [4.78, 5) is 46.1. The van der Waals surface area contributed by atoms with Crippen LogP contribution in [-0.4, -0.2) is 63.2 Å². The third kappa shape index (κ3) is 3.64. The molecule has 0 atom stereocenters. The van der Waals surface area contributed by atoms with Crippen LogP contribution in [0.1, 0.15) is 25.7 Å². The van der Waals surface area contributed by atoms with Crippen molar-refractivity contribution in [3.05, 3.63) is 18.5 Å². The number of ether oxygens (including phenoxy) is 1. The maximum Gasteiger partial charge on any atom is 0.316 e. The monoisotopic (exact) mass is 318 g/mol. The van der Waals surface area contributed by atoms with Crippen molar-refractivity contribution in [3.63, 3.8) is 0 Å². The minimum Gasteiger partial charge on any atom is -0.460 e. The van der Waals surface area contributed by atoms with E-state index in [9.17, 15) is 14.4 Å². The van der Waals surface area contributed by atoms with Gasteiger partial charge in [-0.15, -0.1) is 0 Å². The molecule has 0 radical (unpaired) electrons. The Hall–Kier alpha value is -2.51. The molecule has 1 aromatic heterocycles. The first-order chi connectivity index (χ1) is 11.1. The highest BCUT2D eigenvalue weighted by molar-refractivity contribution is 6.04. The van der Waals surface area contributed by atoms with E-state index in [2.05, 4.69) is 9.97 Å². The fourth-order valence-corrected chi connectivity index (χ4v) is 2.75. The lowest BCUT2D eigenvalue weighted by Crippen LogP contribution is -2.47. The summed E-state index contributed by atoms with van der Waals surface area (Å²) in [5.74, 6) is -0.714. The van der Waals surface area contributed by atoms with Gasteiger partial charge in [0.2, 0.25) is 17.7 Å². The van der Waals surface area contributed by atoms with Crippen molar-refractivity contribution in [2.75, 3.05) is 19.6 Å². The molecule has 0 N–H and O–H groups in total. The van der Waals surface area contributed by atoms with Crippen LogP contribution in [0.5, 0.6) is 6.01 Å². The molecular formula is C15H18N4O4. The van der Waals surface area contributed by atoms with Gasteiger partial charge < -0.3 is 9.64 Å². The Morgan fingerprint density at radius 1 is 1.13 bits per heavy atom. The molecule has 0 aromatic carbocycles. The predicted molar refractivity (Wildman–Crippen MR) is 78.2 cm³/mol. The van der Waals surface area contributed by atoms with E-state index in [-0.39, 0.29) is 43.2 Å². The summed E-state index contributed by atoms with van der Waals surface area (Å²) in [6, 6.07) is 2.06. The highest BCUT2D eigenvalue weighted by Crippen LogP contribution is 2.17. The largest absolute Gasteiger partial charge is 0.460 e. The van der Waals surface area contributed by atoms with Crippen LogP contribution in [-0.2, 0) is 14.4 Å². The lowest BCUT2D eigenvalue weighted by Gasteiger charge is -2.32. The van der Waals surface area contributed by atoms with Gasteiger partial charge in [-0.1, -0.05) is 0 Å². The van der Waals surface area contributed by atoms with Gasteiger partial charge in [0.05, 0.1) is 0 Å². The van der Waals surface area contributed by atoms with Crippen LogP contribution in [0, 0.1) is 0 Å². The number of hydrogen-bond acceptors (Lipinski definition) is 6. The summed E-state index contributed by atoms with van der Waals surface area (Å²) in [7, 11) is 0. The molecule has 1 aromatic rings. The first kappa shape index (κ1) is 15.4. The minimum absolute atomic E-state index is 0.0310. The molecule has 2 saturated heterocycles. The predicted octanol–water partition coefficient (Wildman–Crippen LogP) is -0.00460. The van der Waals surface area contributed by atoms with Crippen LogP contribution in [0.25, 0.3) is 0 Å². The average Bonchev–Trinajstić information content (AvgIpc) is 2.88. The maximum absolute atomic E-state index is 12.2. The fourth-order valence-electron chi connectivity index (χ4n) is 2.75. The molecule has 0 aliphatic carbocycles. The zero-order chi connectivity index (χ0) is 16.2. The van der Waals surface area contributed by atoms with E-state index in [1.54, 1.807) is 23.4 Å². The molecule has 8 heteroatoms. The highest BCUT2D eigenvalue weighted by atomic mass is 16.5. The zero-order valence-corrected chi connectivity index (χ0v) is 12.7. The van der Waals surface area contributed by atoms with Gasteiger partial charge in [0, 0.05) is 51.2 Å². The van der Waals surface area contributed by atoms with Crippen molar-refractivity contribution in [1.29, 1.82) is 0 Å². The van der Waals surface area contributed by atoms with Crippen molar-refractivity contribution < 1.29 is 19.1 Å². The fraction of sp³-hybridized carbons (Fsp3) is 0.533. The summed E-state index contributed by atoms with van der Waals surface area (Å²) in [6.07, 6.45) is 4.96.